The lowest BCUT2D eigenvalue weighted by molar-refractivity contribution is 0.365. The van der Waals surface area contributed by atoms with Crippen LogP contribution in [0, 0.1) is 0 Å². The van der Waals surface area contributed by atoms with Gasteiger partial charge >= 0.3 is 0 Å². The van der Waals surface area contributed by atoms with Crippen molar-refractivity contribution in [3.8, 4) is 0 Å². The molecule has 1 atom stereocenters. The van der Waals surface area contributed by atoms with Crippen LogP contribution in [0.3, 0.4) is 0 Å². The first-order chi connectivity index (χ1) is 6.61. The summed E-state index contributed by atoms with van der Waals surface area (Å²) in [6, 6.07) is 10.4. The highest BCUT2D eigenvalue weighted by Crippen LogP contribution is 2.19. The van der Waals surface area contributed by atoms with E-state index in [0.29, 0.717) is 6.04 Å². The van der Waals surface area contributed by atoms with Gasteiger partial charge in [0.25, 0.3) is 0 Å². The van der Waals surface area contributed by atoms with Crippen molar-refractivity contribution in [2.75, 3.05) is 14.1 Å². The summed E-state index contributed by atoms with van der Waals surface area (Å²) in [4.78, 5) is 2.12. The first-order valence-electron chi connectivity index (χ1n) is 4.70. The Morgan fingerprint density at radius 2 is 1.86 bits per heavy atom. The lowest BCUT2D eigenvalue weighted by Crippen LogP contribution is -2.22. The molecule has 0 fully saturated rings. The molecule has 76 valence electrons. The number of halogens is 1. The molecule has 0 aliphatic heterocycles. The molecule has 0 aliphatic rings. The molecule has 0 saturated heterocycles. The summed E-state index contributed by atoms with van der Waals surface area (Å²) < 4.78 is 0. The summed E-state index contributed by atoms with van der Waals surface area (Å²) in [6.07, 6.45) is 2.05. The molecule has 0 aliphatic carbocycles. The molecule has 0 radical (unpaired) electrons. The Bertz CT molecular complexity index is 303. The van der Waals surface area contributed by atoms with Gasteiger partial charge in [0.2, 0.25) is 0 Å². The van der Waals surface area contributed by atoms with E-state index in [1.807, 2.05) is 44.4 Å². The second-order valence-corrected chi connectivity index (χ2v) is 3.99. The predicted octanol–water partition coefficient (Wildman–Crippen LogP) is 3.22. The van der Waals surface area contributed by atoms with E-state index in [0.717, 1.165) is 10.6 Å². The zero-order chi connectivity index (χ0) is 10.6. The summed E-state index contributed by atoms with van der Waals surface area (Å²) in [5.74, 6) is 0. The number of likely N-dealkylation sites (N-methyl/N-ethyl adjacent to an activating group) is 1. The average Bonchev–Trinajstić information content (AvgIpc) is 2.19. The monoisotopic (exact) mass is 209 g/mol. The Labute approximate surface area is 91.0 Å². The quantitative estimate of drug-likeness (QED) is 0.739. The van der Waals surface area contributed by atoms with E-state index >= 15 is 0 Å². The van der Waals surface area contributed by atoms with Gasteiger partial charge in [0.1, 0.15) is 0 Å². The number of nitrogens with zero attached hydrogens (tertiary/aromatic N) is 1. The molecule has 1 nitrogen and oxygen atoms in total. The predicted molar refractivity (Wildman–Crippen MR) is 63.4 cm³/mol. The van der Waals surface area contributed by atoms with Crippen LogP contribution >= 0.6 is 11.6 Å². The van der Waals surface area contributed by atoms with Gasteiger partial charge in [-0.25, -0.2) is 0 Å². The van der Waals surface area contributed by atoms with Crippen LogP contribution in [0.5, 0.6) is 0 Å². The van der Waals surface area contributed by atoms with Crippen molar-refractivity contribution in [2.24, 2.45) is 0 Å². The molecular formula is C12H16ClN. The Hall–Kier alpha value is -0.790. The van der Waals surface area contributed by atoms with Crippen LogP contribution in [-0.2, 0) is 0 Å². The summed E-state index contributed by atoms with van der Waals surface area (Å²) in [6.45, 7) is 2.12. The van der Waals surface area contributed by atoms with Crippen LogP contribution in [-0.4, -0.2) is 25.0 Å². The Morgan fingerprint density at radius 1 is 1.29 bits per heavy atom. The molecule has 1 rings (SSSR count). The summed E-state index contributed by atoms with van der Waals surface area (Å²) in [7, 11) is 4.08. The molecule has 1 unspecified atom stereocenters. The van der Waals surface area contributed by atoms with Crippen LogP contribution in [0.25, 0.3) is 5.03 Å². The molecule has 14 heavy (non-hydrogen) atoms. The Kier molecular flexibility index (Phi) is 4.18. The van der Waals surface area contributed by atoms with Crippen molar-refractivity contribution in [3.05, 3.63) is 42.0 Å². The molecular weight excluding hydrogens is 194 g/mol. The summed E-state index contributed by atoms with van der Waals surface area (Å²) in [5, 5.41) is 0.812. The van der Waals surface area contributed by atoms with Crippen molar-refractivity contribution in [2.45, 2.75) is 13.0 Å². The summed E-state index contributed by atoms with van der Waals surface area (Å²) >= 11 is 6.18. The van der Waals surface area contributed by atoms with Gasteiger partial charge in [-0.1, -0.05) is 41.9 Å². The van der Waals surface area contributed by atoms with E-state index in [1.54, 1.807) is 0 Å². The van der Waals surface area contributed by atoms with Gasteiger partial charge in [-0.2, -0.15) is 0 Å². The van der Waals surface area contributed by atoms with Crippen molar-refractivity contribution in [1.29, 1.82) is 0 Å². The third-order valence-corrected chi connectivity index (χ3v) is 2.60. The van der Waals surface area contributed by atoms with Crippen LogP contribution < -0.4 is 0 Å². The zero-order valence-corrected chi connectivity index (χ0v) is 9.62. The summed E-state index contributed by atoms with van der Waals surface area (Å²) in [5.41, 5.74) is 1.07. The van der Waals surface area contributed by atoms with E-state index in [1.165, 1.54) is 0 Å². The molecule has 0 heterocycles. The zero-order valence-electron chi connectivity index (χ0n) is 8.87. The highest BCUT2D eigenvalue weighted by Gasteiger charge is 2.03. The second kappa shape index (κ2) is 5.18. The molecule has 0 aromatic heterocycles. The molecule has 1 aromatic rings. The van der Waals surface area contributed by atoms with E-state index in [-0.39, 0.29) is 0 Å². The smallest absolute Gasteiger partial charge is 0.0454 e. The van der Waals surface area contributed by atoms with Gasteiger partial charge in [-0.15, -0.1) is 0 Å². The topological polar surface area (TPSA) is 3.24 Å². The number of hydrogen-bond acceptors (Lipinski definition) is 1. The van der Waals surface area contributed by atoms with E-state index in [4.69, 9.17) is 11.6 Å². The maximum Gasteiger partial charge on any atom is 0.0454 e. The Balaban J connectivity index is 2.80. The first kappa shape index (κ1) is 11.3. The van der Waals surface area contributed by atoms with Gasteiger partial charge < -0.3 is 4.90 Å². The molecule has 0 amide bonds. The molecule has 2 heteroatoms. The number of rotatable bonds is 3. The van der Waals surface area contributed by atoms with Crippen LogP contribution in [0.4, 0.5) is 0 Å². The van der Waals surface area contributed by atoms with E-state index in [9.17, 15) is 0 Å². The highest BCUT2D eigenvalue weighted by molar-refractivity contribution is 6.48. The van der Waals surface area contributed by atoms with Crippen molar-refractivity contribution >= 4 is 16.6 Å². The highest BCUT2D eigenvalue weighted by atomic mass is 35.5. The van der Waals surface area contributed by atoms with E-state index in [2.05, 4.69) is 17.9 Å². The van der Waals surface area contributed by atoms with Gasteiger partial charge in [0.15, 0.2) is 0 Å². The third-order valence-electron chi connectivity index (χ3n) is 2.25. The molecule has 0 saturated carbocycles. The lowest BCUT2D eigenvalue weighted by atomic mass is 10.1. The van der Waals surface area contributed by atoms with Gasteiger partial charge in [0, 0.05) is 11.1 Å². The minimum atomic E-state index is 0.350. The fourth-order valence-corrected chi connectivity index (χ4v) is 1.36. The fraction of sp³-hybridized carbons (Fsp3) is 0.333. The molecule has 1 aromatic carbocycles. The van der Waals surface area contributed by atoms with Gasteiger partial charge in [-0.3, -0.25) is 0 Å². The fourth-order valence-electron chi connectivity index (χ4n) is 1.05. The first-order valence-corrected chi connectivity index (χ1v) is 5.08. The minimum Gasteiger partial charge on any atom is -0.303 e. The molecule has 0 bridgehead atoms. The van der Waals surface area contributed by atoms with E-state index < -0.39 is 0 Å². The van der Waals surface area contributed by atoms with Crippen molar-refractivity contribution < 1.29 is 0 Å². The SMILES string of the molecule is CC(/C=C(/Cl)c1ccccc1)N(C)C. The average molecular weight is 210 g/mol. The minimum absolute atomic E-state index is 0.350. The van der Waals surface area contributed by atoms with Crippen LogP contribution in [0.15, 0.2) is 36.4 Å². The maximum atomic E-state index is 6.18. The number of hydrogen-bond donors (Lipinski definition) is 0. The standard InChI is InChI=1S/C12H16ClN/c1-10(14(2)3)9-12(13)11-7-5-4-6-8-11/h4-10H,1-3H3/b12-9+. The van der Waals surface area contributed by atoms with Crippen molar-refractivity contribution in [1.82, 2.24) is 4.90 Å². The van der Waals surface area contributed by atoms with Gasteiger partial charge in [-0.05, 0) is 32.7 Å². The lowest BCUT2D eigenvalue weighted by Gasteiger charge is -2.16. The third kappa shape index (κ3) is 3.17. The maximum absolute atomic E-state index is 6.18. The normalized spacial score (nSPS) is 14.5. The molecule has 0 N–H and O–H groups in total. The van der Waals surface area contributed by atoms with Crippen molar-refractivity contribution in [3.63, 3.8) is 0 Å². The Morgan fingerprint density at radius 3 is 2.36 bits per heavy atom. The van der Waals surface area contributed by atoms with Crippen LogP contribution in [0.1, 0.15) is 12.5 Å². The molecule has 0 spiro atoms. The van der Waals surface area contributed by atoms with Crippen LogP contribution in [0.2, 0.25) is 0 Å². The second-order valence-electron chi connectivity index (χ2n) is 3.58. The largest absolute Gasteiger partial charge is 0.303 e. The van der Waals surface area contributed by atoms with Gasteiger partial charge in [0.05, 0.1) is 0 Å². The number of benzene rings is 1.